The molecule has 0 N–H and O–H groups in total. The van der Waals surface area contributed by atoms with Crippen molar-refractivity contribution >= 4 is 32.9 Å². The molecule has 40 heavy (non-hydrogen) atoms. The minimum Gasteiger partial charge on any atom is -0.334 e. The van der Waals surface area contributed by atoms with Gasteiger partial charge in [-0.15, -0.1) is 0 Å². The van der Waals surface area contributed by atoms with Crippen LogP contribution < -0.4 is 4.90 Å². The lowest BCUT2D eigenvalue weighted by Crippen LogP contribution is -2.48. The quantitative estimate of drug-likeness (QED) is 0.212. The summed E-state index contributed by atoms with van der Waals surface area (Å²) in [7, 11) is 0. The van der Waals surface area contributed by atoms with Crippen LogP contribution >= 0.6 is 0 Å². The summed E-state index contributed by atoms with van der Waals surface area (Å²) in [5, 5.41) is 5.26. The molecule has 2 aliphatic rings. The first kappa shape index (κ1) is 23.5. The maximum Gasteiger partial charge on any atom is 0.0517 e. The Hall–Kier alpha value is -4.36. The Balaban J connectivity index is 1.42. The highest BCUT2D eigenvalue weighted by atomic mass is 15.3. The third kappa shape index (κ3) is 3.09. The zero-order valence-electron chi connectivity index (χ0n) is 23.2. The lowest BCUT2D eigenvalue weighted by Gasteiger charge is -2.42. The Labute approximate surface area is 236 Å². The molecule has 0 radical (unpaired) electrons. The van der Waals surface area contributed by atoms with Crippen LogP contribution in [0.5, 0.6) is 0 Å². The van der Waals surface area contributed by atoms with Crippen LogP contribution in [0.15, 0.2) is 127 Å². The van der Waals surface area contributed by atoms with E-state index in [2.05, 4.69) is 146 Å². The third-order valence-corrected chi connectivity index (χ3v) is 10.2. The van der Waals surface area contributed by atoms with Gasteiger partial charge < -0.3 is 4.90 Å². The molecule has 6 aromatic carbocycles. The molecule has 0 bridgehead atoms. The highest BCUT2D eigenvalue weighted by molar-refractivity contribution is 6.21. The molecule has 0 aromatic heterocycles. The highest BCUT2D eigenvalue weighted by Crippen LogP contribution is 2.62. The van der Waals surface area contributed by atoms with Gasteiger partial charge in [-0.1, -0.05) is 116 Å². The molecule has 1 fully saturated rings. The van der Waals surface area contributed by atoms with E-state index < -0.39 is 0 Å². The first-order valence-corrected chi connectivity index (χ1v) is 14.6. The predicted molar refractivity (Wildman–Crippen MR) is 171 cm³/mol. The van der Waals surface area contributed by atoms with Crippen molar-refractivity contribution in [1.82, 2.24) is 0 Å². The van der Waals surface area contributed by atoms with E-state index in [1.807, 2.05) is 0 Å². The summed E-state index contributed by atoms with van der Waals surface area (Å²) in [5.41, 5.74) is 9.58. The number of nitrogens with zero attached hydrogens (tertiary/aromatic N) is 1. The van der Waals surface area contributed by atoms with E-state index in [4.69, 9.17) is 0 Å². The fourth-order valence-electron chi connectivity index (χ4n) is 8.07. The van der Waals surface area contributed by atoms with Crippen LogP contribution in [-0.2, 0) is 5.41 Å². The summed E-state index contributed by atoms with van der Waals surface area (Å²) >= 11 is 0. The van der Waals surface area contributed by atoms with Crippen molar-refractivity contribution in [2.24, 2.45) is 0 Å². The standard InChI is InChI=1S/C39H33N/c1-38-24-13-25-39(38,2)40(29-16-7-4-8-17-29)35-23-22-28(26-34(35)38)37-32-20-11-9-18-30(32)36(27-14-5-3-6-15-27)31-19-10-12-21-33(31)37/h3-12,14-23,26H,13,24-25H2,1-2H3. The van der Waals surface area contributed by atoms with E-state index in [1.54, 1.807) is 0 Å². The lowest BCUT2D eigenvalue weighted by atomic mass is 9.71. The number of benzene rings is 6. The van der Waals surface area contributed by atoms with Crippen LogP contribution in [0, 0.1) is 0 Å². The minimum atomic E-state index is 0.0661. The van der Waals surface area contributed by atoms with Gasteiger partial charge in [0.2, 0.25) is 0 Å². The average molecular weight is 516 g/mol. The average Bonchev–Trinajstić information content (AvgIpc) is 3.40. The molecule has 8 rings (SSSR count). The van der Waals surface area contributed by atoms with Crippen LogP contribution in [0.4, 0.5) is 11.4 Å². The SMILES string of the molecule is CC12CCCC1(C)N(c1ccccc1)c1ccc(-c3c4ccccc4c(-c4ccccc4)c4ccccc34)cc12. The van der Waals surface area contributed by atoms with Crippen molar-refractivity contribution < 1.29 is 0 Å². The Morgan fingerprint density at radius 2 is 1.05 bits per heavy atom. The van der Waals surface area contributed by atoms with Crippen molar-refractivity contribution in [3.8, 4) is 22.3 Å². The first-order valence-electron chi connectivity index (χ1n) is 14.6. The number of anilines is 2. The van der Waals surface area contributed by atoms with Crippen LogP contribution in [0.2, 0.25) is 0 Å². The second kappa shape index (κ2) is 8.57. The van der Waals surface area contributed by atoms with Gasteiger partial charge in [-0.25, -0.2) is 0 Å². The summed E-state index contributed by atoms with van der Waals surface area (Å²) in [6, 6.07) is 47.2. The van der Waals surface area contributed by atoms with Crippen molar-refractivity contribution in [1.29, 1.82) is 0 Å². The Morgan fingerprint density at radius 3 is 1.65 bits per heavy atom. The summed E-state index contributed by atoms with van der Waals surface area (Å²) in [4.78, 5) is 2.65. The van der Waals surface area contributed by atoms with Crippen LogP contribution in [0.1, 0.15) is 38.7 Å². The molecule has 1 heteroatoms. The number of para-hydroxylation sites is 1. The van der Waals surface area contributed by atoms with E-state index in [9.17, 15) is 0 Å². The molecule has 0 amide bonds. The summed E-state index contributed by atoms with van der Waals surface area (Å²) in [6.45, 7) is 5.01. The molecular formula is C39H33N. The lowest BCUT2D eigenvalue weighted by molar-refractivity contribution is 0.330. The number of hydrogen-bond acceptors (Lipinski definition) is 1. The smallest absolute Gasteiger partial charge is 0.0517 e. The highest BCUT2D eigenvalue weighted by Gasteiger charge is 2.59. The van der Waals surface area contributed by atoms with Crippen molar-refractivity contribution in [2.75, 3.05) is 4.90 Å². The Morgan fingerprint density at radius 1 is 0.525 bits per heavy atom. The van der Waals surface area contributed by atoms with E-state index >= 15 is 0 Å². The molecule has 0 spiro atoms. The molecular weight excluding hydrogens is 482 g/mol. The fraction of sp³-hybridized carbons (Fsp3) is 0.179. The molecule has 1 heterocycles. The maximum atomic E-state index is 2.65. The normalized spacial score (nSPS) is 21.6. The monoisotopic (exact) mass is 515 g/mol. The zero-order valence-corrected chi connectivity index (χ0v) is 23.2. The minimum absolute atomic E-state index is 0.0661. The van der Waals surface area contributed by atoms with Gasteiger partial charge in [0.25, 0.3) is 0 Å². The summed E-state index contributed by atoms with van der Waals surface area (Å²) in [5.74, 6) is 0. The van der Waals surface area contributed by atoms with E-state index in [1.165, 1.54) is 80.0 Å². The number of rotatable bonds is 3. The van der Waals surface area contributed by atoms with Gasteiger partial charge in [0.1, 0.15) is 0 Å². The number of hydrogen-bond donors (Lipinski definition) is 0. The van der Waals surface area contributed by atoms with Gasteiger partial charge in [-0.3, -0.25) is 0 Å². The number of fused-ring (bicyclic) bond motifs is 5. The Bertz CT molecular complexity index is 1850. The van der Waals surface area contributed by atoms with E-state index in [0.717, 1.165) is 0 Å². The summed E-state index contributed by atoms with van der Waals surface area (Å²) in [6.07, 6.45) is 3.69. The molecule has 1 aliphatic heterocycles. The van der Waals surface area contributed by atoms with Crippen LogP contribution in [0.25, 0.3) is 43.8 Å². The molecule has 1 saturated carbocycles. The molecule has 2 unspecified atom stereocenters. The first-order chi connectivity index (χ1) is 19.6. The molecule has 1 nitrogen and oxygen atoms in total. The van der Waals surface area contributed by atoms with Gasteiger partial charge in [0.05, 0.1) is 5.54 Å². The van der Waals surface area contributed by atoms with Gasteiger partial charge in [-0.05, 0) is 93.4 Å². The van der Waals surface area contributed by atoms with Gasteiger partial charge in [0.15, 0.2) is 0 Å². The van der Waals surface area contributed by atoms with Gasteiger partial charge in [0, 0.05) is 16.8 Å². The molecule has 0 saturated heterocycles. The fourth-order valence-corrected chi connectivity index (χ4v) is 8.07. The second-order valence-electron chi connectivity index (χ2n) is 12.1. The topological polar surface area (TPSA) is 3.24 Å². The predicted octanol–water partition coefficient (Wildman–Crippen LogP) is 10.7. The van der Waals surface area contributed by atoms with E-state index in [0.29, 0.717) is 0 Å². The second-order valence-corrected chi connectivity index (χ2v) is 12.1. The van der Waals surface area contributed by atoms with Crippen LogP contribution in [0.3, 0.4) is 0 Å². The maximum absolute atomic E-state index is 2.65. The molecule has 194 valence electrons. The van der Waals surface area contributed by atoms with Gasteiger partial charge in [-0.2, -0.15) is 0 Å². The largest absolute Gasteiger partial charge is 0.334 e. The van der Waals surface area contributed by atoms with Crippen molar-refractivity contribution in [3.63, 3.8) is 0 Å². The molecule has 1 aliphatic carbocycles. The third-order valence-electron chi connectivity index (χ3n) is 10.2. The van der Waals surface area contributed by atoms with E-state index in [-0.39, 0.29) is 11.0 Å². The van der Waals surface area contributed by atoms with Crippen molar-refractivity contribution in [3.05, 3.63) is 133 Å². The van der Waals surface area contributed by atoms with Crippen LogP contribution in [-0.4, -0.2) is 5.54 Å². The van der Waals surface area contributed by atoms with Crippen molar-refractivity contribution in [2.45, 2.75) is 44.1 Å². The zero-order chi connectivity index (χ0) is 26.9. The Kier molecular flexibility index (Phi) is 5.04. The summed E-state index contributed by atoms with van der Waals surface area (Å²) < 4.78 is 0. The van der Waals surface area contributed by atoms with Gasteiger partial charge >= 0.3 is 0 Å². The molecule has 6 aromatic rings. The molecule has 2 atom stereocenters.